The molecule has 0 radical (unpaired) electrons. The average molecular weight is 1200 g/mol. The van der Waals surface area contributed by atoms with E-state index in [9.17, 15) is 0 Å². The minimum atomic E-state index is -0.175. The molecule has 0 fully saturated rings. The van der Waals surface area contributed by atoms with E-state index in [0.29, 0.717) is 79.9 Å². The minimum absolute atomic E-state index is 0.0540. The second-order valence-electron chi connectivity index (χ2n) is 21.7. The van der Waals surface area contributed by atoms with Crippen molar-refractivity contribution in [3.05, 3.63) is 141 Å². The van der Waals surface area contributed by atoms with Crippen LogP contribution in [0.15, 0.2) is 91.8 Å². The van der Waals surface area contributed by atoms with Gasteiger partial charge in [0, 0.05) is 52.4 Å². The molecule has 0 aliphatic heterocycles. The maximum atomic E-state index is 8.81. The fraction of sp³-hybridized carbons (Fsp3) is 0.500. The molecule has 8 heterocycles. The highest BCUT2D eigenvalue weighted by atomic mass is 16.5. The van der Waals surface area contributed by atoms with Crippen molar-refractivity contribution in [2.24, 2.45) is 0 Å². The van der Waals surface area contributed by atoms with Crippen LogP contribution in [0.5, 0.6) is 0 Å². The molecule has 0 spiro atoms. The summed E-state index contributed by atoms with van der Waals surface area (Å²) in [7, 11) is 0. The second kappa shape index (κ2) is 38.5. The average Bonchev–Trinajstić information content (AvgIpc) is 4.57. The SMILES string of the molecule is CC(C)c1oncc1C#N.CCC(C)(C)c1oncc1C#N.CCC(C)(CC#N)c1ccno1.CCC(C)(CC)c1oncc1C#N.CCC(C)c1oncc1C#N.CCCC(C)(C)c1oncc1C#N.CCc1oncc1C#N.Cc1oncc1C#N. The maximum absolute atomic E-state index is 8.81. The lowest BCUT2D eigenvalue weighted by Crippen LogP contribution is -2.19. The van der Waals surface area contributed by atoms with Crippen molar-refractivity contribution >= 4 is 0 Å². The van der Waals surface area contributed by atoms with E-state index in [-0.39, 0.29) is 33.5 Å². The summed E-state index contributed by atoms with van der Waals surface area (Å²) >= 11 is 0. The fourth-order valence-electron chi connectivity index (χ4n) is 7.57. The zero-order valence-corrected chi connectivity index (χ0v) is 53.6. The van der Waals surface area contributed by atoms with E-state index in [0.717, 1.165) is 62.9 Å². The summed E-state index contributed by atoms with van der Waals surface area (Å²) in [4.78, 5) is 0. The van der Waals surface area contributed by atoms with Crippen molar-refractivity contribution in [3.63, 3.8) is 0 Å². The molecule has 24 nitrogen and oxygen atoms in total. The van der Waals surface area contributed by atoms with Crippen molar-refractivity contribution in [1.29, 1.82) is 42.1 Å². The molecule has 8 aromatic heterocycles. The maximum Gasteiger partial charge on any atom is 0.160 e. The van der Waals surface area contributed by atoms with Crippen molar-refractivity contribution in [3.8, 4) is 48.6 Å². The number of aromatic nitrogens is 8. The zero-order chi connectivity index (χ0) is 66.5. The van der Waals surface area contributed by atoms with Crippen LogP contribution in [0.25, 0.3) is 0 Å². The first-order valence-electron chi connectivity index (χ1n) is 28.6. The van der Waals surface area contributed by atoms with Gasteiger partial charge in [0.05, 0.1) is 55.6 Å². The lowest BCUT2D eigenvalue weighted by atomic mass is 9.81. The van der Waals surface area contributed by atoms with E-state index in [1.165, 1.54) is 43.4 Å². The Morgan fingerprint density at radius 3 is 1.20 bits per heavy atom. The van der Waals surface area contributed by atoms with Crippen molar-refractivity contribution < 1.29 is 36.2 Å². The van der Waals surface area contributed by atoms with Crippen LogP contribution in [0.4, 0.5) is 0 Å². The van der Waals surface area contributed by atoms with Crippen molar-refractivity contribution in [1.82, 2.24) is 41.3 Å². The monoisotopic (exact) mass is 1200 g/mol. The lowest BCUT2D eigenvalue weighted by Gasteiger charge is -2.22. The fourth-order valence-corrected chi connectivity index (χ4v) is 7.57. The molecule has 0 aliphatic rings. The number of hydrogen-bond acceptors (Lipinski definition) is 24. The smallest absolute Gasteiger partial charge is 0.160 e. The normalized spacial score (nSPS) is 11.2. The summed E-state index contributed by atoms with van der Waals surface area (Å²) in [5.74, 6) is 6.04. The zero-order valence-electron chi connectivity index (χ0n) is 53.6. The Morgan fingerprint density at radius 1 is 0.432 bits per heavy atom. The Morgan fingerprint density at radius 2 is 0.841 bits per heavy atom. The largest absolute Gasteiger partial charge is 0.361 e. The Kier molecular flexibility index (Phi) is 33.1. The molecule has 0 bridgehead atoms. The van der Waals surface area contributed by atoms with Crippen LogP contribution >= 0.6 is 0 Å². The first-order valence-corrected chi connectivity index (χ1v) is 28.6. The van der Waals surface area contributed by atoms with Gasteiger partial charge in [-0.1, -0.05) is 158 Å². The van der Waals surface area contributed by atoms with Crippen LogP contribution in [-0.2, 0) is 28.1 Å². The van der Waals surface area contributed by atoms with Gasteiger partial charge < -0.3 is 36.2 Å². The molecule has 8 aromatic rings. The van der Waals surface area contributed by atoms with Gasteiger partial charge in [0.2, 0.25) is 0 Å². The summed E-state index contributed by atoms with van der Waals surface area (Å²) < 4.78 is 39.4. The lowest BCUT2D eigenvalue weighted by molar-refractivity contribution is 0.288. The van der Waals surface area contributed by atoms with Gasteiger partial charge in [0.1, 0.15) is 87.2 Å². The predicted octanol–water partition coefficient (Wildman–Crippen LogP) is 15.4. The van der Waals surface area contributed by atoms with Crippen LogP contribution < -0.4 is 0 Å². The summed E-state index contributed by atoms with van der Waals surface area (Å²) in [5.41, 5.74) is 3.38. The van der Waals surface area contributed by atoms with Gasteiger partial charge in [-0.25, -0.2) is 0 Å². The molecule has 0 aromatic carbocycles. The number of nitriles is 8. The van der Waals surface area contributed by atoms with Crippen molar-refractivity contribution in [2.45, 2.75) is 209 Å². The molecule has 0 aliphatic carbocycles. The molecular formula is C64H80N16O8. The number of rotatable bonds is 15. The third-order valence-corrected chi connectivity index (χ3v) is 14.4. The van der Waals surface area contributed by atoms with Crippen LogP contribution in [0.2, 0.25) is 0 Å². The third-order valence-electron chi connectivity index (χ3n) is 14.4. The molecule has 0 amide bonds. The van der Waals surface area contributed by atoms with Gasteiger partial charge in [0.25, 0.3) is 0 Å². The number of hydrogen-bond donors (Lipinski definition) is 0. The molecule has 8 rings (SSSR count). The van der Waals surface area contributed by atoms with Crippen LogP contribution in [0, 0.1) is 97.6 Å². The molecule has 88 heavy (non-hydrogen) atoms. The van der Waals surface area contributed by atoms with Gasteiger partial charge in [-0.2, -0.15) is 42.1 Å². The van der Waals surface area contributed by atoms with E-state index in [1.54, 1.807) is 13.1 Å². The van der Waals surface area contributed by atoms with Crippen LogP contribution in [0.3, 0.4) is 0 Å². The van der Waals surface area contributed by atoms with E-state index < -0.39 is 0 Å². The number of nitrogens with zero attached hydrogens (tertiary/aromatic N) is 16. The van der Waals surface area contributed by atoms with E-state index >= 15 is 0 Å². The minimum Gasteiger partial charge on any atom is -0.361 e. The summed E-state index contributed by atoms with van der Waals surface area (Å²) in [6.45, 7) is 34.3. The highest BCUT2D eigenvalue weighted by molar-refractivity contribution is 5.36. The van der Waals surface area contributed by atoms with E-state index in [2.05, 4.69) is 119 Å². The predicted molar refractivity (Wildman–Crippen MR) is 319 cm³/mol. The summed E-state index contributed by atoms with van der Waals surface area (Å²) in [6, 6.07) is 18.1. The second-order valence-corrected chi connectivity index (χ2v) is 21.7. The Labute approximate surface area is 515 Å². The molecule has 2 atom stereocenters. The van der Waals surface area contributed by atoms with E-state index in [4.69, 9.17) is 73.8 Å². The highest BCUT2D eigenvalue weighted by Gasteiger charge is 2.31. The van der Waals surface area contributed by atoms with Gasteiger partial charge >= 0.3 is 0 Å². The summed E-state index contributed by atoms with van der Waals surface area (Å²) in [5, 5.41) is 97.2. The first-order chi connectivity index (χ1) is 41.9. The summed E-state index contributed by atoms with van der Waals surface area (Å²) in [6.07, 6.45) is 19.7. The highest BCUT2D eigenvalue weighted by Crippen LogP contribution is 2.34. The molecule has 24 heteroatoms. The topological polar surface area (TPSA) is 399 Å². The standard InChI is InChI=1S/2C10H14N2O.2C9H12N2O.C8H10N2O.C7H8N2O.C6H6N2O.C5H4N2O/c1-4-5-10(2,3)9-8(6-11)7-12-13-9;1-4-10(3,5-2)9-8(6-11)7-12-13-9;1-4-9(2,3)8-7(5-10)6-11-12-8;1-3-9(2,5-6-10)8-4-7-11-12-8;1-3-6(2)8-7(4-9)5-10-11-8;1-5(2)7-6(3-8)4-9-10-7;1-2-6-5(3-7)4-8-9-6;1-4-5(2-6)3-7-8-4/h2*7H,4-5H2,1-3H3;6H,4H2,1-3H3;4,7H,3,5H2,1-2H3;5-6H,3H2,1-2H3;4-5H,1-2H3;4H,2H2,1H3;3H,1H3. The molecule has 2 unspecified atom stereocenters. The quantitative estimate of drug-likeness (QED) is 0.0920. The Bertz CT molecular complexity index is 3620. The molecule has 0 N–H and O–H groups in total. The Balaban J connectivity index is 0.000000505. The molecule has 0 saturated carbocycles. The first kappa shape index (κ1) is 75.6. The molecule has 464 valence electrons. The number of aryl methyl sites for hydroxylation is 2. The molecule has 0 saturated heterocycles. The van der Waals surface area contributed by atoms with E-state index in [1.807, 2.05) is 92.7 Å². The van der Waals surface area contributed by atoms with Gasteiger partial charge in [-0.3, -0.25) is 0 Å². The van der Waals surface area contributed by atoms with Gasteiger partial charge in [-0.05, 0) is 45.4 Å². The van der Waals surface area contributed by atoms with Crippen molar-refractivity contribution in [2.75, 3.05) is 0 Å². The Hall–Kier alpha value is -10.4. The van der Waals surface area contributed by atoms with Gasteiger partial charge in [0.15, 0.2) is 40.3 Å². The van der Waals surface area contributed by atoms with Crippen LogP contribution in [0.1, 0.15) is 259 Å². The third kappa shape index (κ3) is 22.5. The molecular weight excluding hydrogens is 1120 g/mol. The van der Waals surface area contributed by atoms with Crippen LogP contribution in [-0.4, -0.2) is 41.3 Å². The van der Waals surface area contributed by atoms with Gasteiger partial charge in [-0.15, -0.1) is 0 Å².